The molecule has 0 spiro atoms. The second-order valence-electron chi connectivity index (χ2n) is 12.3. The van der Waals surface area contributed by atoms with Crippen LogP contribution in [0.25, 0.3) is 0 Å². The Labute approximate surface area is 243 Å². The zero-order valence-corrected chi connectivity index (χ0v) is 24.7. The minimum atomic E-state index is -4.25. The molecular formula is C26H42ClF3N6O3S. The maximum atomic E-state index is 13.6. The number of amides is 2. The second-order valence-corrected chi connectivity index (χ2v) is 14.2. The maximum Gasteiger partial charge on any atom is 0.393 e. The number of halogens is 4. The van der Waals surface area contributed by atoms with Crippen molar-refractivity contribution in [2.24, 2.45) is 29.6 Å². The van der Waals surface area contributed by atoms with Crippen molar-refractivity contribution in [2.45, 2.75) is 79.8 Å². The summed E-state index contributed by atoms with van der Waals surface area (Å²) in [5.41, 5.74) is -0.397. The number of thioether (sulfide) groups is 1. The summed E-state index contributed by atoms with van der Waals surface area (Å²) in [5, 5.41) is 16.4. The summed E-state index contributed by atoms with van der Waals surface area (Å²) >= 11 is 8.06. The second kappa shape index (κ2) is 12.4. The van der Waals surface area contributed by atoms with Gasteiger partial charge in [0.15, 0.2) is 0 Å². The number of likely N-dealkylation sites (tertiary alicyclic amines) is 1. The van der Waals surface area contributed by atoms with Gasteiger partial charge < -0.3 is 25.6 Å². The Balaban J connectivity index is 1.14. The molecule has 40 heavy (non-hydrogen) atoms. The largest absolute Gasteiger partial charge is 0.393 e. The van der Waals surface area contributed by atoms with Gasteiger partial charge in [-0.1, -0.05) is 6.92 Å². The van der Waals surface area contributed by atoms with Gasteiger partial charge >= 0.3 is 6.18 Å². The van der Waals surface area contributed by atoms with E-state index in [-0.39, 0.29) is 70.9 Å². The summed E-state index contributed by atoms with van der Waals surface area (Å²) in [6.07, 6.45) is -2.67. The van der Waals surface area contributed by atoms with E-state index in [4.69, 9.17) is 16.3 Å². The molecule has 9 nitrogen and oxygen atoms in total. The molecule has 0 aromatic heterocycles. The van der Waals surface area contributed by atoms with Crippen molar-refractivity contribution in [1.82, 2.24) is 31.5 Å². The molecule has 12 atom stereocenters. The van der Waals surface area contributed by atoms with E-state index < -0.39 is 24.1 Å². The van der Waals surface area contributed by atoms with Crippen molar-refractivity contribution in [3.63, 3.8) is 0 Å². The Morgan fingerprint density at radius 1 is 1.02 bits per heavy atom. The minimum absolute atomic E-state index is 0.00117. The van der Waals surface area contributed by atoms with E-state index >= 15 is 0 Å². The third kappa shape index (κ3) is 6.55. The highest BCUT2D eigenvalue weighted by atomic mass is 35.5. The number of rotatable bonds is 5. The van der Waals surface area contributed by atoms with E-state index in [1.807, 2.05) is 0 Å². The summed E-state index contributed by atoms with van der Waals surface area (Å²) in [6, 6.07) is -0.284. The molecule has 0 radical (unpaired) electrons. The number of methoxy groups -OCH3 is 1. The third-order valence-electron chi connectivity index (χ3n) is 9.58. The number of piperidine rings is 3. The van der Waals surface area contributed by atoms with Crippen LogP contribution >= 0.6 is 23.4 Å². The summed E-state index contributed by atoms with van der Waals surface area (Å²) in [6.45, 7) is 5.87. The molecule has 0 bridgehead atoms. The van der Waals surface area contributed by atoms with E-state index in [1.165, 1.54) is 0 Å². The lowest BCUT2D eigenvalue weighted by atomic mass is 9.70. The first-order chi connectivity index (χ1) is 18.9. The lowest BCUT2D eigenvalue weighted by molar-refractivity contribution is -0.184. The van der Waals surface area contributed by atoms with Gasteiger partial charge in [-0.3, -0.25) is 20.2 Å². The molecule has 0 aromatic carbocycles. The fourth-order valence-electron chi connectivity index (χ4n) is 7.36. The first kappa shape index (κ1) is 30.6. The smallest absolute Gasteiger partial charge is 0.380 e. The highest BCUT2D eigenvalue weighted by molar-refractivity contribution is 8.00. The lowest BCUT2D eigenvalue weighted by Crippen LogP contribution is -2.58. The first-order valence-corrected chi connectivity index (χ1v) is 15.8. The number of alkyl halides is 4. The van der Waals surface area contributed by atoms with E-state index in [9.17, 15) is 22.8 Å². The predicted octanol–water partition coefficient (Wildman–Crippen LogP) is 1.28. The van der Waals surface area contributed by atoms with Crippen molar-refractivity contribution in [3.05, 3.63) is 0 Å². The van der Waals surface area contributed by atoms with Gasteiger partial charge in [0, 0.05) is 57.2 Å². The quantitative estimate of drug-likeness (QED) is 0.234. The zero-order chi connectivity index (χ0) is 28.8. The van der Waals surface area contributed by atoms with Crippen molar-refractivity contribution in [3.8, 4) is 0 Å². The Morgan fingerprint density at radius 2 is 1.80 bits per heavy atom. The van der Waals surface area contributed by atoms with Crippen molar-refractivity contribution in [1.29, 1.82) is 0 Å². The number of fused-ring (bicyclic) bond motifs is 1. The van der Waals surface area contributed by atoms with Gasteiger partial charge in [-0.05, 0) is 43.9 Å². The molecule has 0 aliphatic carbocycles. The van der Waals surface area contributed by atoms with Crippen LogP contribution in [0, 0.1) is 29.6 Å². The molecule has 5 rings (SSSR count). The van der Waals surface area contributed by atoms with Crippen LogP contribution in [0.1, 0.15) is 33.1 Å². The van der Waals surface area contributed by atoms with Crippen LogP contribution in [0.5, 0.6) is 0 Å². The van der Waals surface area contributed by atoms with Crippen LogP contribution in [0.3, 0.4) is 0 Å². The molecular weight excluding hydrogens is 569 g/mol. The zero-order valence-electron chi connectivity index (χ0n) is 23.2. The highest BCUT2D eigenvalue weighted by Crippen LogP contribution is 2.39. The van der Waals surface area contributed by atoms with E-state index in [0.717, 1.165) is 12.8 Å². The predicted molar refractivity (Wildman–Crippen MR) is 148 cm³/mol. The molecule has 5 saturated heterocycles. The van der Waals surface area contributed by atoms with Crippen molar-refractivity contribution < 1.29 is 27.5 Å². The number of nitrogens with zero attached hydrogens (tertiary/aromatic N) is 1. The molecule has 5 aliphatic heterocycles. The van der Waals surface area contributed by atoms with Gasteiger partial charge in [0.1, 0.15) is 5.50 Å². The molecule has 5 aliphatic rings. The van der Waals surface area contributed by atoms with Crippen LogP contribution in [0.15, 0.2) is 0 Å². The monoisotopic (exact) mass is 610 g/mol. The number of hydrogen-bond acceptors (Lipinski definition) is 8. The van der Waals surface area contributed by atoms with E-state index in [0.29, 0.717) is 32.2 Å². The van der Waals surface area contributed by atoms with Crippen LogP contribution in [0.4, 0.5) is 13.2 Å². The Kier molecular flexibility index (Phi) is 9.51. The Bertz CT molecular complexity index is 923. The average molecular weight is 611 g/mol. The van der Waals surface area contributed by atoms with Crippen LogP contribution in [0.2, 0.25) is 0 Å². The molecule has 228 valence electrons. The Morgan fingerprint density at radius 3 is 2.48 bits per heavy atom. The molecule has 5 N–H and O–H groups in total. The molecule has 2 amide bonds. The number of carbonyl (C=O) groups is 2. The first-order valence-electron chi connectivity index (χ1n) is 14.4. The van der Waals surface area contributed by atoms with E-state index in [1.54, 1.807) is 30.7 Å². The lowest BCUT2D eigenvalue weighted by Gasteiger charge is -2.45. The number of ether oxygens (including phenoxy) is 1. The fourth-order valence-corrected chi connectivity index (χ4v) is 9.06. The summed E-state index contributed by atoms with van der Waals surface area (Å²) in [7, 11) is 1.71. The topological polar surface area (TPSA) is 107 Å². The SMILES string of the molecule is COC1CNC(Cl)CC1C1CC(C)NCC1C(=O)NC1NC2CN(C(=O)C3NCC(C(F)(F)F)CC3C)CC2S1. The van der Waals surface area contributed by atoms with Gasteiger partial charge in [0.25, 0.3) is 0 Å². The van der Waals surface area contributed by atoms with Gasteiger partial charge in [0.2, 0.25) is 11.8 Å². The molecule has 5 heterocycles. The molecule has 0 saturated carbocycles. The summed E-state index contributed by atoms with van der Waals surface area (Å²) in [4.78, 5) is 28.5. The van der Waals surface area contributed by atoms with E-state index in [2.05, 4.69) is 33.5 Å². The maximum absolute atomic E-state index is 13.6. The van der Waals surface area contributed by atoms with Crippen LogP contribution < -0.4 is 26.6 Å². The average Bonchev–Trinajstić information content (AvgIpc) is 3.46. The molecule has 12 unspecified atom stereocenters. The van der Waals surface area contributed by atoms with Crippen LogP contribution in [-0.2, 0) is 14.3 Å². The standard InChI is InChI=1S/C26H42ClF3N6O3S/c1-12-4-14(26(28,29)30)7-33-22(12)24(38)36-10-18-20(11-36)40-25(34-18)35-23(37)17-8-31-13(2)5-15(17)16-6-21(27)32-9-19(16)39-3/h12-22,25,31-34H,4-11H2,1-3H3,(H,35,37). The number of nitrogens with one attached hydrogen (secondary N) is 5. The molecule has 14 heteroatoms. The summed E-state index contributed by atoms with van der Waals surface area (Å²) in [5.74, 6) is -1.83. The summed E-state index contributed by atoms with van der Waals surface area (Å²) < 4.78 is 45.2. The van der Waals surface area contributed by atoms with Crippen molar-refractivity contribution >= 4 is 35.2 Å². The van der Waals surface area contributed by atoms with Gasteiger partial charge in [0.05, 0.1) is 29.5 Å². The molecule has 5 fully saturated rings. The van der Waals surface area contributed by atoms with Gasteiger partial charge in [-0.15, -0.1) is 23.4 Å². The third-order valence-corrected chi connectivity index (χ3v) is 11.3. The highest BCUT2D eigenvalue weighted by Gasteiger charge is 2.49. The Hall–Kier alpha value is -0.830. The van der Waals surface area contributed by atoms with Crippen LogP contribution in [-0.4, -0.2) is 103 Å². The number of hydrogen-bond donors (Lipinski definition) is 5. The molecule has 0 aromatic rings. The fraction of sp³-hybridized carbons (Fsp3) is 0.923. The number of carbonyl (C=O) groups excluding carboxylic acids is 2. The van der Waals surface area contributed by atoms with Crippen molar-refractivity contribution in [2.75, 3.05) is 39.8 Å². The van der Waals surface area contributed by atoms with Gasteiger partial charge in [-0.2, -0.15) is 13.2 Å². The van der Waals surface area contributed by atoms with Gasteiger partial charge in [-0.25, -0.2) is 0 Å². The minimum Gasteiger partial charge on any atom is -0.380 e. The normalized spacial score (nSPS) is 44.3.